The summed E-state index contributed by atoms with van der Waals surface area (Å²) < 4.78 is 0. The summed E-state index contributed by atoms with van der Waals surface area (Å²) in [4.78, 5) is 15.9. The van der Waals surface area contributed by atoms with Gasteiger partial charge in [-0.25, -0.2) is 0 Å². The normalized spacial score (nSPS) is 16.2. The summed E-state index contributed by atoms with van der Waals surface area (Å²) in [6, 6.07) is 11.1. The van der Waals surface area contributed by atoms with Crippen LogP contribution >= 0.6 is 0 Å². The maximum Gasteiger partial charge on any atom is 0.0773 e. The number of hydrogen-bond acceptors (Lipinski definition) is 4. The second-order valence-electron chi connectivity index (χ2n) is 10.7. The van der Waals surface area contributed by atoms with Crippen LogP contribution in [-0.2, 0) is 6.54 Å². The number of aliphatic imine (C=N–C) groups is 1. The molecule has 4 rings (SSSR count). The maximum atomic E-state index is 5.35. The molecule has 0 spiro atoms. The lowest BCUT2D eigenvalue weighted by Crippen LogP contribution is -2.28. The number of benzene rings is 1. The van der Waals surface area contributed by atoms with E-state index in [-0.39, 0.29) is 0 Å². The van der Waals surface area contributed by atoms with Crippen molar-refractivity contribution < 1.29 is 0 Å². The highest BCUT2D eigenvalue weighted by atomic mass is 15.1. The second-order valence-corrected chi connectivity index (χ2v) is 10.7. The first-order valence-electron chi connectivity index (χ1n) is 14.7. The van der Waals surface area contributed by atoms with Crippen molar-refractivity contribution in [3.8, 4) is 0 Å². The van der Waals surface area contributed by atoms with E-state index < -0.39 is 0 Å². The van der Waals surface area contributed by atoms with Crippen LogP contribution in [0.4, 0.5) is 0 Å². The number of aryl methyl sites for hydroxylation is 1. The molecule has 0 saturated heterocycles. The largest absolute Gasteiger partial charge is 0.371 e. The number of allylic oxidation sites excluding steroid dienone is 2. The summed E-state index contributed by atoms with van der Waals surface area (Å²) in [7, 11) is 0. The molecule has 1 aliphatic rings. The number of nitrogens with zero attached hydrogens (tertiary/aromatic N) is 3. The molecule has 5 nitrogen and oxygen atoms in total. The fourth-order valence-corrected chi connectivity index (χ4v) is 5.39. The molecule has 1 aromatic carbocycles. The molecule has 5 heteroatoms. The molecular weight excluding hydrogens is 490 g/mol. The minimum atomic E-state index is 0.421. The van der Waals surface area contributed by atoms with Crippen molar-refractivity contribution in [1.82, 2.24) is 20.2 Å². The fraction of sp³-hybridized carbons (Fsp3) is 0.371. The summed E-state index contributed by atoms with van der Waals surface area (Å²) in [6.45, 7) is 19.6. The third-order valence-electron chi connectivity index (χ3n) is 7.75. The molecule has 1 atom stereocenters. The Labute approximate surface area is 240 Å². The number of pyridine rings is 1. The average Bonchev–Trinajstić information content (AvgIpc) is 3.47. The minimum Gasteiger partial charge on any atom is -0.371 e. The highest BCUT2D eigenvalue weighted by Crippen LogP contribution is 2.30. The average molecular weight is 536 g/mol. The van der Waals surface area contributed by atoms with Crippen LogP contribution in [0.5, 0.6) is 0 Å². The van der Waals surface area contributed by atoms with Crippen molar-refractivity contribution in [2.24, 2.45) is 4.99 Å². The third-order valence-corrected chi connectivity index (χ3v) is 7.75. The molecule has 0 amide bonds. The van der Waals surface area contributed by atoms with Gasteiger partial charge in [-0.05, 0) is 82.2 Å². The fourth-order valence-electron chi connectivity index (χ4n) is 5.39. The van der Waals surface area contributed by atoms with Crippen LogP contribution in [0.3, 0.4) is 0 Å². The van der Waals surface area contributed by atoms with E-state index in [1.54, 1.807) is 0 Å². The number of aromatic amines is 1. The topological polar surface area (TPSA) is 56.3 Å². The van der Waals surface area contributed by atoms with Gasteiger partial charge in [0.1, 0.15) is 0 Å². The quantitative estimate of drug-likeness (QED) is 0.132. The van der Waals surface area contributed by atoms with Gasteiger partial charge in [0.05, 0.1) is 5.70 Å². The molecule has 2 aromatic heterocycles. The monoisotopic (exact) mass is 535 g/mol. The predicted octanol–water partition coefficient (Wildman–Crippen LogP) is 8.11. The molecule has 2 heterocycles. The molecule has 210 valence electrons. The standard InChI is InChI=1S/C35H45N5/c1-7-9-21-40(20-8-2)28(6)25(3)35(39-27(5)31-16-13-17-34-32(31)18-19-36-34)33-22-29(23-37-26(33)4)24-38-30-14-11-10-12-15-30/h7,11,13-14,16-19,22-23,30,36,38H,1,6,8-10,12,15,20-21,24H2,2-5H3/b35-25-,39-27?. The Morgan fingerprint density at radius 3 is 2.83 bits per heavy atom. The number of fused-ring (bicyclic) bond motifs is 1. The van der Waals surface area contributed by atoms with Gasteiger partial charge in [0.25, 0.3) is 0 Å². The van der Waals surface area contributed by atoms with Crippen LogP contribution in [0.2, 0.25) is 0 Å². The Kier molecular flexibility index (Phi) is 10.3. The van der Waals surface area contributed by atoms with Crippen LogP contribution in [-0.4, -0.2) is 39.7 Å². The van der Waals surface area contributed by atoms with Crippen LogP contribution in [0.25, 0.3) is 16.6 Å². The lowest BCUT2D eigenvalue weighted by Gasteiger charge is -2.28. The van der Waals surface area contributed by atoms with Crippen molar-refractivity contribution in [3.63, 3.8) is 0 Å². The highest BCUT2D eigenvalue weighted by Gasteiger charge is 2.18. The Balaban J connectivity index is 1.78. The second kappa shape index (κ2) is 14.1. The minimum absolute atomic E-state index is 0.421. The molecule has 2 N–H and O–H groups in total. The van der Waals surface area contributed by atoms with Gasteiger partial charge in [-0.15, -0.1) is 6.58 Å². The van der Waals surface area contributed by atoms with Crippen molar-refractivity contribution in [3.05, 3.63) is 108 Å². The van der Waals surface area contributed by atoms with Crippen LogP contribution in [0, 0.1) is 6.92 Å². The van der Waals surface area contributed by atoms with Crippen molar-refractivity contribution in [2.75, 3.05) is 13.1 Å². The molecule has 0 radical (unpaired) electrons. The Morgan fingerprint density at radius 1 is 1.23 bits per heavy atom. The Hall–Kier alpha value is -3.70. The summed E-state index contributed by atoms with van der Waals surface area (Å²) in [5.74, 6) is 0. The van der Waals surface area contributed by atoms with Gasteiger partial charge in [-0.3, -0.25) is 9.98 Å². The van der Waals surface area contributed by atoms with Crippen molar-refractivity contribution >= 4 is 22.3 Å². The number of aromatic nitrogens is 2. The smallest absolute Gasteiger partial charge is 0.0773 e. The Morgan fingerprint density at radius 2 is 2.08 bits per heavy atom. The molecule has 0 saturated carbocycles. The van der Waals surface area contributed by atoms with Crippen LogP contribution < -0.4 is 5.32 Å². The van der Waals surface area contributed by atoms with E-state index in [0.29, 0.717) is 6.04 Å². The molecule has 3 aromatic rings. The molecule has 40 heavy (non-hydrogen) atoms. The number of hydrogen-bond donors (Lipinski definition) is 2. The van der Waals surface area contributed by atoms with Crippen molar-refractivity contribution in [1.29, 1.82) is 0 Å². The molecule has 1 aliphatic carbocycles. The van der Waals surface area contributed by atoms with Gasteiger partial charge in [-0.2, -0.15) is 0 Å². The SMILES string of the molecule is C=CCCN(CCC)C(=C)/C(C)=C(\N=C(C)c1cccc2[nH]ccc12)c1cc(CNC2C=CCCC2)cnc1C. The van der Waals surface area contributed by atoms with Crippen molar-refractivity contribution in [2.45, 2.75) is 72.4 Å². The first-order chi connectivity index (χ1) is 19.4. The Bertz CT molecular complexity index is 1420. The maximum absolute atomic E-state index is 5.35. The molecule has 1 unspecified atom stereocenters. The predicted molar refractivity (Wildman–Crippen MR) is 172 cm³/mol. The van der Waals surface area contributed by atoms with Gasteiger partial charge in [-0.1, -0.05) is 43.9 Å². The third kappa shape index (κ3) is 7.08. The summed E-state index contributed by atoms with van der Waals surface area (Å²) in [6.07, 6.45) is 16.1. The number of H-pyrrole nitrogens is 1. The number of nitrogens with one attached hydrogen (secondary N) is 2. The summed E-state index contributed by atoms with van der Waals surface area (Å²) >= 11 is 0. The van der Waals surface area contributed by atoms with E-state index in [4.69, 9.17) is 9.98 Å². The van der Waals surface area contributed by atoms with Crippen LogP contribution in [0.15, 0.2) is 90.4 Å². The zero-order valence-electron chi connectivity index (χ0n) is 24.8. The van der Waals surface area contributed by atoms with Gasteiger partial charge < -0.3 is 15.2 Å². The lowest BCUT2D eigenvalue weighted by atomic mass is 10.00. The first-order valence-corrected chi connectivity index (χ1v) is 14.7. The highest BCUT2D eigenvalue weighted by molar-refractivity contribution is 6.11. The van der Waals surface area contributed by atoms with Crippen LogP contribution in [0.1, 0.15) is 75.3 Å². The van der Waals surface area contributed by atoms with E-state index in [1.165, 1.54) is 24.6 Å². The van der Waals surface area contributed by atoms with E-state index in [9.17, 15) is 0 Å². The van der Waals surface area contributed by atoms with Gasteiger partial charge in [0, 0.05) is 77.2 Å². The summed E-state index contributed by atoms with van der Waals surface area (Å²) in [5, 5.41) is 4.87. The van der Waals surface area contributed by atoms with E-state index in [2.05, 4.69) is 98.5 Å². The van der Waals surface area contributed by atoms with E-state index in [0.717, 1.165) is 83.1 Å². The zero-order valence-corrected chi connectivity index (χ0v) is 24.8. The zero-order chi connectivity index (χ0) is 28.5. The van der Waals surface area contributed by atoms with Gasteiger partial charge in [0.2, 0.25) is 0 Å². The summed E-state index contributed by atoms with van der Waals surface area (Å²) in [5.41, 5.74) is 9.39. The molecular formula is C35H45N5. The molecule has 0 bridgehead atoms. The lowest BCUT2D eigenvalue weighted by molar-refractivity contribution is 0.358. The number of rotatable bonds is 13. The first kappa shape index (κ1) is 29.3. The molecule has 0 aliphatic heterocycles. The molecule has 0 fully saturated rings. The van der Waals surface area contributed by atoms with Gasteiger partial charge >= 0.3 is 0 Å². The van der Waals surface area contributed by atoms with Gasteiger partial charge in [0.15, 0.2) is 0 Å². The van der Waals surface area contributed by atoms with E-state index in [1.807, 2.05) is 18.5 Å². The van der Waals surface area contributed by atoms with E-state index >= 15 is 0 Å².